The monoisotopic (exact) mass is 993 g/mol. The normalized spacial score (nSPS) is 23.0. The summed E-state index contributed by atoms with van der Waals surface area (Å²) < 4.78 is 41.5. The number of aryl methyl sites for hydroxylation is 1. The lowest BCUT2D eigenvalue weighted by molar-refractivity contribution is -0.135. The molecule has 6 aliphatic heterocycles. The molecule has 3 N–H and O–H groups in total. The van der Waals surface area contributed by atoms with Gasteiger partial charge in [0.1, 0.15) is 41.2 Å². The molecule has 16 nitrogen and oxygen atoms in total. The van der Waals surface area contributed by atoms with Crippen molar-refractivity contribution in [3.63, 3.8) is 0 Å². The Hall–Kier alpha value is -6.68. The van der Waals surface area contributed by atoms with Crippen molar-refractivity contribution in [3.8, 4) is 35.4 Å². The second-order valence-corrected chi connectivity index (χ2v) is 21.5. The SMILES string of the molecule is C#Cc1c(F)ccc2cc(O)cc(-c3ncc4c(N5CC6CCC(C5)N6)nc(OCCN5CCC6(CC5)CCN(CC5CCN(c7ccc8c(c7)n(C)c(=O)n8C7CCC(=O)NC7=O)CC5)CC6)nc4c3F)c12. The number of carbonyl (C=O) groups excluding carboxylic acids is 2. The second kappa shape index (κ2) is 19.0. The van der Waals surface area contributed by atoms with Crippen molar-refractivity contribution >= 4 is 56.0 Å². The Balaban J connectivity index is 0.658. The summed E-state index contributed by atoms with van der Waals surface area (Å²) in [7, 11) is 1.74. The van der Waals surface area contributed by atoms with Crippen LogP contribution in [0, 0.1) is 35.3 Å². The lowest BCUT2D eigenvalue weighted by atomic mass is 9.71. The number of aromatic hydroxyl groups is 1. The number of piperidine rings is 4. The molecule has 6 aromatic rings. The number of amides is 2. The second-order valence-electron chi connectivity index (χ2n) is 21.5. The Morgan fingerprint density at radius 1 is 0.863 bits per heavy atom. The first kappa shape index (κ1) is 47.3. The van der Waals surface area contributed by atoms with E-state index in [-0.39, 0.29) is 57.5 Å². The number of terminal acetylenes is 1. The van der Waals surface area contributed by atoms with Crippen molar-refractivity contribution in [1.29, 1.82) is 0 Å². The van der Waals surface area contributed by atoms with Crippen molar-refractivity contribution in [2.45, 2.75) is 82.3 Å². The van der Waals surface area contributed by atoms with Gasteiger partial charge in [0.05, 0.1) is 22.0 Å². The zero-order valence-electron chi connectivity index (χ0n) is 41.2. The molecule has 3 aromatic heterocycles. The van der Waals surface area contributed by atoms with E-state index >= 15 is 8.78 Å². The van der Waals surface area contributed by atoms with Gasteiger partial charge in [-0.15, -0.1) is 6.42 Å². The third-order valence-corrected chi connectivity index (χ3v) is 17.2. The van der Waals surface area contributed by atoms with Crippen LogP contribution in [0.4, 0.5) is 20.3 Å². The molecule has 380 valence electrons. The van der Waals surface area contributed by atoms with Crippen molar-refractivity contribution in [1.82, 2.24) is 44.5 Å². The standard InChI is InChI=1S/C55H61F2N11O5/c1-3-39-42(56)8-4-34-26-38(69)28-40(47(34)39)49-48(57)50-41(29-58-49)51(67-31-35-5-6-36(32-67)59-35)62-53(61-50)73-25-24-64-20-14-55(15-21-64)16-22-65(23-17-55)30-33-12-18-66(19-13-33)37-7-9-43-45(27-37)63(2)54(72)68(43)44-10-11-46(70)60-52(44)71/h1,4,7-9,26-29,33,35-36,44,59,69H,5-6,10-25,30-32H2,2H3,(H,60,70,71). The molecule has 0 aliphatic carbocycles. The number of benzene rings is 3. The molecule has 3 unspecified atom stereocenters. The number of piperazine rings is 1. The molecule has 2 bridgehead atoms. The first-order chi connectivity index (χ1) is 35.4. The summed E-state index contributed by atoms with van der Waals surface area (Å²) in [5, 5.41) is 17.9. The van der Waals surface area contributed by atoms with Crippen LogP contribution in [-0.2, 0) is 16.6 Å². The Labute approximate surface area is 421 Å². The summed E-state index contributed by atoms with van der Waals surface area (Å²) in [6.07, 6.45) is 16.9. The third kappa shape index (κ3) is 8.82. The van der Waals surface area contributed by atoms with Crippen LogP contribution in [-0.4, -0.2) is 135 Å². The van der Waals surface area contributed by atoms with Gasteiger partial charge in [-0.1, -0.05) is 12.0 Å². The van der Waals surface area contributed by atoms with E-state index in [1.54, 1.807) is 17.8 Å². The maximum atomic E-state index is 17.1. The molecule has 6 fully saturated rings. The summed E-state index contributed by atoms with van der Waals surface area (Å²) in [5.41, 5.74) is 2.73. The third-order valence-electron chi connectivity index (χ3n) is 17.2. The van der Waals surface area contributed by atoms with Gasteiger partial charge in [0.25, 0.3) is 0 Å². The summed E-state index contributed by atoms with van der Waals surface area (Å²) in [4.78, 5) is 61.6. The molecule has 0 radical (unpaired) electrons. The lowest BCUT2D eigenvalue weighted by Gasteiger charge is -2.47. The van der Waals surface area contributed by atoms with E-state index in [9.17, 15) is 19.5 Å². The topological polar surface area (TPSA) is 166 Å². The fourth-order valence-electron chi connectivity index (χ4n) is 13.0. The van der Waals surface area contributed by atoms with E-state index in [0.29, 0.717) is 78.2 Å². The molecule has 9 heterocycles. The number of halogens is 2. The molecule has 1 spiro atoms. The maximum Gasteiger partial charge on any atom is 0.329 e. The average Bonchev–Trinajstić information content (AvgIpc) is 3.86. The number of imide groups is 1. The van der Waals surface area contributed by atoms with Crippen molar-refractivity contribution in [2.24, 2.45) is 18.4 Å². The molecular formula is C55H61F2N11O5. The number of imidazole rings is 1. The van der Waals surface area contributed by atoms with Gasteiger partial charge < -0.3 is 29.9 Å². The number of fused-ring (bicyclic) bond motifs is 5. The summed E-state index contributed by atoms with van der Waals surface area (Å²) in [5.74, 6) is 1.39. The number of rotatable bonds is 10. The predicted molar refractivity (Wildman–Crippen MR) is 275 cm³/mol. The van der Waals surface area contributed by atoms with Crippen molar-refractivity contribution in [3.05, 3.63) is 76.3 Å². The number of phenolic OH excluding ortho intramolecular Hbond substituents is 1. The van der Waals surface area contributed by atoms with E-state index in [4.69, 9.17) is 16.1 Å². The van der Waals surface area contributed by atoms with E-state index < -0.39 is 23.6 Å². The molecule has 3 aromatic carbocycles. The minimum absolute atomic E-state index is 0.0355. The molecule has 73 heavy (non-hydrogen) atoms. The van der Waals surface area contributed by atoms with Crippen LogP contribution in [0.3, 0.4) is 0 Å². The first-order valence-corrected chi connectivity index (χ1v) is 26.1. The van der Waals surface area contributed by atoms with Gasteiger partial charge >= 0.3 is 11.7 Å². The number of ether oxygens (including phenoxy) is 1. The molecule has 12 rings (SSSR count). The lowest BCUT2D eigenvalue weighted by Crippen LogP contribution is -2.51. The van der Waals surface area contributed by atoms with Crippen LogP contribution >= 0.6 is 0 Å². The van der Waals surface area contributed by atoms with Gasteiger partial charge in [0.15, 0.2) is 5.82 Å². The van der Waals surface area contributed by atoms with E-state index in [1.807, 2.05) is 6.07 Å². The summed E-state index contributed by atoms with van der Waals surface area (Å²) in [6, 6.07) is 11.6. The fraction of sp³-hybridized carbons (Fsp3) is 0.491. The van der Waals surface area contributed by atoms with Gasteiger partial charge in [0.2, 0.25) is 11.8 Å². The molecule has 6 aliphatic rings. The first-order valence-electron chi connectivity index (χ1n) is 26.1. The van der Waals surface area contributed by atoms with Crippen LogP contribution < -0.4 is 30.9 Å². The molecule has 0 saturated carbocycles. The number of likely N-dealkylation sites (tertiary alicyclic amines) is 2. The van der Waals surface area contributed by atoms with Crippen LogP contribution in [0.15, 0.2) is 53.5 Å². The Morgan fingerprint density at radius 2 is 1.60 bits per heavy atom. The van der Waals surface area contributed by atoms with E-state index in [1.165, 1.54) is 41.7 Å². The maximum absolute atomic E-state index is 17.1. The highest BCUT2D eigenvalue weighted by atomic mass is 19.1. The van der Waals surface area contributed by atoms with Crippen molar-refractivity contribution < 1.29 is 28.2 Å². The van der Waals surface area contributed by atoms with Gasteiger partial charge in [-0.05, 0) is 137 Å². The molecular weight excluding hydrogens is 933 g/mol. The fourth-order valence-corrected chi connectivity index (χ4v) is 13.0. The largest absolute Gasteiger partial charge is 0.508 e. The molecule has 6 saturated heterocycles. The van der Waals surface area contributed by atoms with Crippen LogP contribution in [0.25, 0.3) is 44.0 Å². The number of phenols is 1. The van der Waals surface area contributed by atoms with Gasteiger partial charge in [-0.3, -0.25) is 33.9 Å². The van der Waals surface area contributed by atoms with Crippen LogP contribution in [0.5, 0.6) is 11.8 Å². The number of anilines is 2. The van der Waals surface area contributed by atoms with Gasteiger partial charge in [-0.25, -0.2) is 13.6 Å². The smallest absolute Gasteiger partial charge is 0.329 e. The minimum atomic E-state index is -0.732. The van der Waals surface area contributed by atoms with E-state index in [2.05, 4.69) is 58.3 Å². The number of nitrogens with one attached hydrogen (secondary N) is 2. The quantitative estimate of drug-likeness (QED) is 0.111. The molecule has 3 atom stereocenters. The Bertz CT molecular complexity index is 3260. The molecule has 2 amide bonds. The number of nitrogens with zero attached hydrogens (tertiary/aromatic N) is 9. The highest BCUT2D eigenvalue weighted by Gasteiger charge is 2.39. The van der Waals surface area contributed by atoms with Crippen molar-refractivity contribution in [2.75, 3.05) is 81.9 Å². The summed E-state index contributed by atoms with van der Waals surface area (Å²) >= 11 is 0. The number of hydrogen-bond donors (Lipinski definition) is 3. The zero-order chi connectivity index (χ0) is 50.1. The zero-order valence-corrected chi connectivity index (χ0v) is 41.2. The number of pyridine rings is 1. The summed E-state index contributed by atoms with van der Waals surface area (Å²) in [6.45, 7) is 9.66. The van der Waals surface area contributed by atoms with Crippen LogP contribution in [0.2, 0.25) is 0 Å². The predicted octanol–water partition coefficient (Wildman–Crippen LogP) is 5.86. The number of hydrogen-bond acceptors (Lipinski definition) is 13. The molecule has 18 heteroatoms. The average molecular weight is 994 g/mol. The van der Waals surface area contributed by atoms with Gasteiger partial charge in [0, 0.05) is 87.7 Å². The Kier molecular flexibility index (Phi) is 12.3. The highest BCUT2D eigenvalue weighted by Crippen LogP contribution is 2.43. The van der Waals surface area contributed by atoms with Gasteiger partial charge in [-0.2, -0.15) is 9.97 Å². The van der Waals surface area contributed by atoms with E-state index in [0.717, 1.165) is 95.5 Å². The Morgan fingerprint density at radius 3 is 2.33 bits per heavy atom. The number of aromatic nitrogens is 5. The highest BCUT2D eigenvalue weighted by molar-refractivity contribution is 6.03. The number of carbonyl (C=O) groups is 2. The van der Waals surface area contributed by atoms with Crippen LogP contribution in [0.1, 0.15) is 75.8 Å². The minimum Gasteiger partial charge on any atom is -0.508 e.